The SMILES string of the molecule is CCCC1CCC(C#N)(Cc2ccsc2)CC1. The van der Waals surface area contributed by atoms with Gasteiger partial charge < -0.3 is 0 Å². The van der Waals surface area contributed by atoms with E-state index in [4.69, 9.17) is 0 Å². The van der Waals surface area contributed by atoms with E-state index in [0.717, 1.165) is 25.2 Å². The van der Waals surface area contributed by atoms with E-state index in [2.05, 4.69) is 29.8 Å². The van der Waals surface area contributed by atoms with Crippen molar-refractivity contribution < 1.29 is 0 Å². The van der Waals surface area contributed by atoms with Gasteiger partial charge in [-0.1, -0.05) is 19.8 Å². The van der Waals surface area contributed by atoms with E-state index in [1.54, 1.807) is 11.3 Å². The van der Waals surface area contributed by atoms with Crippen LogP contribution in [0.3, 0.4) is 0 Å². The van der Waals surface area contributed by atoms with Crippen LogP contribution in [0.25, 0.3) is 0 Å². The zero-order valence-electron chi connectivity index (χ0n) is 10.6. The summed E-state index contributed by atoms with van der Waals surface area (Å²) in [7, 11) is 0. The highest BCUT2D eigenvalue weighted by atomic mass is 32.1. The lowest BCUT2D eigenvalue weighted by molar-refractivity contribution is 0.201. The minimum Gasteiger partial charge on any atom is -0.198 e. The molecule has 0 radical (unpaired) electrons. The molecule has 0 saturated heterocycles. The van der Waals surface area contributed by atoms with Gasteiger partial charge in [0.15, 0.2) is 0 Å². The molecule has 1 heterocycles. The van der Waals surface area contributed by atoms with E-state index in [0.29, 0.717) is 0 Å². The summed E-state index contributed by atoms with van der Waals surface area (Å²) in [6.45, 7) is 2.26. The van der Waals surface area contributed by atoms with Crippen molar-refractivity contribution in [2.45, 2.75) is 51.9 Å². The zero-order chi connectivity index (χ0) is 12.1. The highest BCUT2D eigenvalue weighted by molar-refractivity contribution is 7.07. The van der Waals surface area contributed by atoms with Gasteiger partial charge in [0, 0.05) is 0 Å². The molecule has 1 fully saturated rings. The molecule has 1 nitrogen and oxygen atoms in total. The van der Waals surface area contributed by atoms with E-state index in [1.165, 1.54) is 31.2 Å². The van der Waals surface area contributed by atoms with E-state index in [9.17, 15) is 5.26 Å². The standard InChI is InChI=1S/C15H21NS/c1-2-3-13-4-7-15(12-16,8-5-13)10-14-6-9-17-11-14/h6,9,11,13H,2-5,7-8,10H2,1H3. The Balaban J connectivity index is 1.96. The highest BCUT2D eigenvalue weighted by Gasteiger charge is 2.35. The Morgan fingerprint density at radius 2 is 2.24 bits per heavy atom. The molecule has 0 N–H and O–H groups in total. The van der Waals surface area contributed by atoms with Crippen molar-refractivity contribution in [2.75, 3.05) is 0 Å². The average Bonchev–Trinajstić information content (AvgIpc) is 2.85. The van der Waals surface area contributed by atoms with Gasteiger partial charge >= 0.3 is 0 Å². The summed E-state index contributed by atoms with van der Waals surface area (Å²) in [6, 6.07) is 4.79. The van der Waals surface area contributed by atoms with E-state index in [-0.39, 0.29) is 5.41 Å². The van der Waals surface area contributed by atoms with Gasteiger partial charge in [0.25, 0.3) is 0 Å². The fourth-order valence-electron chi connectivity index (χ4n) is 3.04. The van der Waals surface area contributed by atoms with Crippen molar-refractivity contribution in [3.05, 3.63) is 22.4 Å². The molecule has 0 spiro atoms. The third kappa shape index (κ3) is 3.10. The fourth-order valence-corrected chi connectivity index (χ4v) is 3.71. The molecule has 0 amide bonds. The Morgan fingerprint density at radius 1 is 1.47 bits per heavy atom. The smallest absolute Gasteiger partial charge is 0.0693 e. The predicted octanol–water partition coefficient (Wildman–Crippen LogP) is 4.79. The summed E-state index contributed by atoms with van der Waals surface area (Å²) in [6.07, 6.45) is 8.31. The first-order chi connectivity index (χ1) is 8.28. The maximum atomic E-state index is 9.51. The number of thiophene rings is 1. The number of hydrogen-bond acceptors (Lipinski definition) is 2. The molecule has 0 atom stereocenters. The zero-order valence-corrected chi connectivity index (χ0v) is 11.4. The lowest BCUT2D eigenvalue weighted by Gasteiger charge is -2.34. The maximum Gasteiger partial charge on any atom is 0.0693 e. The molecular weight excluding hydrogens is 226 g/mol. The van der Waals surface area contributed by atoms with Crippen LogP contribution >= 0.6 is 11.3 Å². The Hall–Kier alpha value is -0.810. The van der Waals surface area contributed by atoms with Gasteiger partial charge in [0.2, 0.25) is 0 Å². The number of rotatable bonds is 4. The number of nitrogens with zero attached hydrogens (tertiary/aromatic N) is 1. The molecule has 0 aromatic carbocycles. The van der Waals surface area contributed by atoms with E-state index in [1.807, 2.05) is 0 Å². The Bertz CT molecular complexity index is 366. The van der Waals surface area contributed by atoms with E-state index < -0.39 is 0 Å². The summed E-state index contributed by atoms with van der Waals surface area (Å²) < 4.78 is 0. The van der Waals surface area contributed by atoms with E-state index >= 15 is 0 Å². The summed E-state index contributed by atoms with van der Waals surface area (Å²) in [5, 5.41) is 13.8. The molecule has 92 valence electrons. The first-order valence-corrected chi connectivity index (χ1v) is 7.64. The van der Waals surface area contributed by atoms with Crippen LogP contribution in [0, 0.1) is 22.7 Å². The van der Waals surface area contributed by atoms with Crippen molar-refractivity contribution >= 4 is 11.3 Å². The lowest BCUT2D eigenvalue weighted by Crippen LogP contribution is -2.28. The van der Waals surface area contributed by atoms with Crippen LogP contribution < -0.4 is 0 Å². The molecule has 1 aromatic rings. The molecular formula is C15H21NS. The van der Waals surface area contributed by atoms with Crippen LogP contribution in [0.1, 0.15) is 51.0 Å². The quantitative estimate of drug-likeness (QED) is 0.750. The van der Waals surface area contributed by atoms with Gasteiger partial charge in [-0.05, 0) is 60.4 Å². The summed E-state index contributed by atoms with van der Waals surface area (Å²) in [5.74, 6) is 0.879. The monoisotopic (exact) mass is 247 g/mol. The Morgan fingerprint density at radius 3 is 2.76 bits per heavy atom. The van der Waals surface area contributed by atoms with Crippen LogP contribution in [-0.2, 0) is 6.42 Å². The van der Waals surface area contributed by atoms with Crippen LogP contribution in [0.5, 0.6) is 0 Å². The maximum absolute atomic E-state index is 9.51. The first-order valence-electron chi connectivity index (χ1n) is 6.70. The Kier molecular flexibility index (Phi) is 4.23. The topological polar surface area (TPSA) is 23.8 Å². The largest absolute Gasteiger partial charge is 0.198 e. The third-order valence-electron chi connectivity index (χ3n) is 4.12. The van der Waals surface area contributed by atoms with Gasteiger partial charge in [0.1, 0.15) is 0 Å². The fraction of sp³-hybridized carbons (Fsp3) is 0.667. The normalized spacial score (nSPS) is 28.8. The predicted molar refractivity (Wildman–Crippen MR) is 72.9 cm³/mol. The minimum absolute atomic E-state index is 0.0642. The van der Waals surface area contributed by atoms with Gasteiger partial charge in [-0.25, -0.2) is 0 Å². The third-order valence-corrected chi connectivity index (χ3v) is 4.85. The van der Waals surface area contributed by atoms with Crippen LogP contribution in [0.15, 0.2) is 16.8 Å². The van der Waals surface area contributed by atoms with Crippen molar-refractivity contribution in [1.29, 1.82) is 5.26 Å². The minimum atomic E-state index is -0.0642. The molecule has 1 aliphatic carbocycles. The van der Waals surface area contributed by atoms with Gasteiger partial charge in [-0.15, -0.1) is 0 Å². The van der Waals surface area contributed by atoms with Crippen LogP contribution in [0.4, 0.5) is 0 Å². The summed E-state index contributed by atoms with van der Waals surface area (Å²) in [4.78, 5) is 0. The highest BCUT2D eigenvalue weighted by Crippen LogP contribution is 2.42. The Labute approximate surface area is 108 Å². The van der Waals surface area contributed by atoms with Gasteiger partial charge in [0.05, 0.1) is 11.5 Å². The molecule has 0 aliphatic heterocycles. The number of nitriles is 1. The van der Waals surface area contributed by atoms with Crippen molar-refractivity contribution in [3.63, 3.8) is 0 Å². The summed E-state index contributed by atoms with van der Waals surface area (Å²) in [5.41, 5.74) is 1.29. The van der Waals surface area contributed by atoms with Crippen LogP contribution in [0.2, 0.25) is 0 Å². The molecule has 1 saturated carbocycles. The lowest BCUT2D eigenvalue weighted by atomic mass is 9.68. The molecule has 17 heavy (non-hydrogen) atoms. The second-order valence-electron chi connectivity index (χ2n) is 5.43. The molecule has 2 heteroatoms. The van der Waals surface area contributed by atoms with Gasteiger partial charge in [-0.3, -0.25) is 0 Å². The van der Waals surface area contributed by atoms with Gasteiger partial charge in [-0.2, -0.15) is 16.6 Å². The molecule has 1 aliphatic rings. The van der Waals surface area contributed by atoms with Crippen molar-refractivity contribution in [3.8, 4) is 6.07 Å². The van der Waals surface area contributed by atoms with Crippen molar-refractivity contribution in [2.24, 2.45) is 11.3 Å². The van der Waals surface area contributed by atoms with Crippen molar-refractivity contribution in [1.82, 2.24) is 0 Å². The first kappa shape index (κ1) is 12.6. The van der Waals surface area contributed by atoms with Crippen LogP contribution in [-0.4, -0.2) is 0 Å². The number of hydrogen-bond donors (Lipinski definition) is 0. The molecule has 1 aromatic heterocycles. The molecule has 0 unspecified atom stereocenters. The molecule has 0 bridgehead atoms. The molecule has 2 rings (SSSR count). The second kappa shape index (κ2) is 5.69. The summed E-state index contributed by atoms with van der Waals surface area (Å²) >= 11 is 1.74. The average molecular weight is 247 g/mol. The second-order valence-corrected chi connectivity index (χ2v) is 6.21.